The summed E-state index contributed by atoms with van der Waals surface area (Å²) in [6.07, 6.45) is 23.6. The second-order valence-corrected chi connectivity index (χ2v) is 10.5. The van der Waals surface area contributed by atoms with Gasteiger partial charge < -0.3 is 13.3 Å². The molecular weight excluding hydrogens is 376 g/mol. The first-order valence-electron chi connectivity index (χ1n) is 11.9. The molecule has 0 spiro atoms. The van der Waals surface area contributed by atoms with Crippen LogP contribution in [-0.4, -0.2) is 28.6 Å². The first-order chi connectivity index (χ1) is 14.2. The van der Waals surface area contributed by atoms with Gasteiger partial charge in [0.2, 0.25) is 0 Å². The van der Waals surface area contributed by atoms with E-state index in [4.69, 9.17) is 13.3 Å². The molecule has 170 valence electrons. The lowest BCUT2D eigenvalue weighted by Gasteiger charge is -2.26. The molecule has 4 heteroatoms. The fourth-order valence-electron chi connectivity index (χ4n) is 3.13. The summed E-state index contributed by atoms with van der Waals surface area (Å²) in [7, 11) is -2.52. The van der Waals surface area contributed by atoms with Crippen molar-refractivity contribution in [1.29, 1.82) is 0 Å². The zero-order chi connectivity index (χ0) is 21.5. The fourth-order valence-corrected chi connectivity index (χ4v) is 4.93. The summed E-state index contributed by atoms with van der Waals surface area (Å²) in [6, 6.07) is 0. The van der Waals surface area contributed by atoms with E-state index in [0.29, 0.717) is 0 Å². The molecule has 0 amide bonds. The SMILES string of the molecule is C=CCCCCCCO[Si](C)(OCCCCCCC=C)OCCCCCCC=C. The molecule has 0 N–H and O–H groups in total. The Morgan fingerprint density at radius 3 is 1.03 bits per heavy atom. The molecule has 0 aromatic heterocycles. The van der Waals surface area contributed by atoms with Crippen LogP contribution in [0.3, 0.4) is 0 Å². The Morgan fingerprint density at radius 2 is 0.759 bits per heavy atom. The van der Waals surface area contributed by atoms with E-state index in [1.165, 1.54) is 57.8 Å². The van der Waals surface area contributed by atoms with Crippen molar-refractivity contribution in [3.8, 4) is 0 Å². The number of rotatable bonds is 24. The molecule has 0 aromatic rings. The van der Waals surface area contributed by atoms with Crippen molar-refractivity contribution < 1.29 is 13.3 Å². The maximum Gasteiger partial charge on any atom is 0.497 e. The summed E-state index contributed by atoms with van der Waals surface area (Å²) in [4.78, 5) is 0. The summed E-state index contributed by atoms with van der Waals surface area (Å²) >= 11 is 0. The van der Waals surface area contributed by atoms with Crippen molar-refractivity contribution in [3.63, 3.8) is 0 Å². The van der Waals surface area contributed by atoms with E-state index in [0.717, 1.165) is 58.3 Å². The summed E-state index contributed by atoms with van der Waals surface area (Å²) in [5, 5.41) is 0. The highest BCUT2D eigenvalue weighted by Gasteiger charge is 2.34. The third kappa shape index (κ3) is 20.4. The van der Waals surface area contributed by atoms with Crippen LogP contribution in [0.4, 0.5) is 0 Å². The zero-order valence-corrected chi connectivity index (χ0v) is 20.3. The van der Waals surface area contributed by atoms with Crippen LogP contribution >= 0.6 is 0 Å². The summed E-state index contributed by atoms with van der Waals surface area (Å²) in [5.74, 6) is 0. The number of hydrogen-bond acceptors (Lipinski definition) is 3. The van der Waals surface area contributed by atoms with Crippen LogP contribution in [-0.2, 0) is 13.3 Å². The fraction of sp³-hybridized carbons (Fsp3) is 0.760. The lowest BCUT2D eigenvalue weighted by atomic mass is 10.1. The summed E-state index contributed by atoms with van der Waals surface area (Å²) in [5.41, 5.74) is 0. The number of unbranched alkanes of at least 4 members (excludes halogenated alkanes) is 12. The van der Waals surface area contributed by atoms with Crippen LogP contribution < -0.4 is 0 Å². The van der Waals surface area contributed by atoms with Gasteiger partial charge in [0, 0.05) is 26.4 Å². The molecule has 0 aliphatic heterocycles. The quantitative estimate of drug-likeness (QED) is 0.0891. The largest absolute Gasteiger partial charge is 0.497 e. The Labute approximate surface area is 183 Å². The molecule has 0 saturated heterocycles. The first-order valence-corrected chi connectivity index (χ1v) is 14.2. The average molecular weight is 425 g/mol. The van der Waals surface area contributed by atoms with E-state index in [1.807, 2.05) is 18.2 Å². The molecule has 0 aliphatic carbocycles. The first kappa shape index (κ1) is 28.3. The highest BCUT2D eigenvalue weighted by molar-refractivity contribution is 6.59. The molecule has 0 aromatic carbocycles. The van der Waals surface area contributed by atoms with Gasteiger partial charge >= 0.3 is 8.80 Å². The second-order valence-electron chi connectivity index (χ2n) is 7.88. The van der Waals surface area contributed by atoms with Crippen LogP contribution in [0.15, 0.2) is 38.0 Å². The van der Waals surface area contributed by atoms with Gasteiger partial charge in [-0.1, -0.05) is 56.8 Å². The van der Waals surface area contributed by atoms with Crippen LogP contribution in [0.2, 0.25) is 6.55 Å². The van der Waals surface area contributed by atoms with Crippen molar-refractivity contribution >= 4 is 8.80 Å². The Balaban J connectivity index is 4.07. The van der Waals surface area contributed by atoms with E-state index in [-0.39, 0.29) is 0 Å². The summed E-state index contributed by atoms with van der Waals surface area (Å²) in [6.45, 7) is 15.6. The van der Waals surface area contributed by atoms with Crippen molar-refractivity contribution in [2.24, 2.45) is 0 Å². The van der Waals surface area contributed by atoms with Crippen molar-refractivity contribution in [2.75, 3.05) is 19.8 Å². The van der Waals surface area contributed by atoms with Crippen LogP contribution in [0.5, 0.6) is 0 Å². The standard InChI is InChI=1S/C25H48O3Si/c1-5-8-11-14-17-20-23-26-29(4,27-24-21-18-15-12-9-6-2)28-25-22-19-16-13-10-7-3/h5-7H,1-3,8-25H2,4H3. The number of allylic oxidation sites excluding steroid dienone is 3. The van der Waals surface area contributed by atoms with Gasteiger partial charge in [0.15, 0.2) is 0 Å². The van der Waals surface area contributed by atoms with Crippen LogP contribution in [0.1, 0.15) is 96.3 Å². The lowest BCUT2D eigenvalue weighted by Crippen LogP contribution is -2.43. The molecule has 3 nitrogen and oxygen atoms in total. The molecule has 0 saturated carbocycles. The minimum atomic E-state index is -2.52. The maximum absolute atomic E-state index is 6.17. The highest BCUT2D eigenvalue weighted by Crippen LogP contribution is 2.15. The van der Waals surface area contributed by atoms with Gasteiger partial charge in [-0.3, -0.25) is 0 Å². The second kappa shape index (κ2) is 22.0. The molecular formula is C25H48O3Si. The normalized spacial score (nSPS) is 11.5. The molecule has 0 radical (unpaired) electrons. The van der Waals surface area contributed by atoms with E-state index in [9.17, 15) is 0 Å². The van der Waals surface area contributed by atoms with Crippen molar-refractivity contribution in [3.05, 3.63) is 38.0 Å². The van der Waals surface area contributed by atoms with Crippen LogP contribution in [0, 0.1) is 0 Å². The van der Waals surface area contributed by atoms with Gasteiger partial charge in [0.05, 0.1) is 0 Å². The molecule has 0 bridgehead atoms. The van der Waals surface area contributed by atoms with E-state index >= 15 is 0 Å². The van der Waals surface area contributed by atoms with E-state index in [2.05, 4.69) is 26.3 Å². The zero-order valence-electron chi connectivity index (χ0n) is 19.3. The van der Waals surface area contributed by atoms with E-state index in [1.54, 1.807) is 0 Å². The van der Waals surface area contributed by atoms with Gasteiger partial charge in [-0.25, -0.2) is 0 Å². The Morgan fingerprint density at radius 1 is 0.483 bits per heavy atom. The Kier molecular flexibility index (Phi) is 21.5. The highest BCUT2D eigenvalue weighted by atomic mass is 28.4. The molecule has 0 unspecified atom stereocenters. The van der Waals surface area contributed by atoms with Gasteiger partial charge in [-0.15, -0.1) is 19.7 Å². The summed E-state index contributed by atoms with van der Waals surface area (Å²) < 4.78 is 18.5. The predicted molar refractivity (Wildman–Crippen MR) is 129 cm³/mol. The maximum atomic E-state index is 6.17. The van der Waals surface area contributed by atoms with Gasteiger partial charge in [0.25, 0.3) is 0 Å². The smallest absolute Gasteiger partial charge is 0.374 e. The monoisotopic (exact) mass is 424 g/mol. The molecule has 0 heterocycles. The van der Waals surface area contributed by atoms with Crippen LogP contribution in [0.25, 0.3) is 0 Å². The topological polar surface area (TPSA) is 27.7 Å². The minimum absolute atomic E-state index is 0.746. The molecule has 0 aliphatic rings. The van der Waals surface area contributed by atoms with Gasteiger partial charge in [-0.05, 0) is 57.8 Å². The number of hydrogen-bond donors (Lipinski definition) is 0. The molecule has 0 rings (SSSR count). The minimum Gasteiger partial charge on any atom is -0.374 e. The van der Waals surface area contributed by atoms with Gasteiger partial charge in [0.1, 0.15) is 0 Å². The third-order valence-corrected chi connectivity index (χ3v) is 7.19. The molecule has 29 heavy (non-hydrogen) atoms. The predicted octanol–water partition coefficient (Wildman–Crippen LogP) is 8.01. The van der Waals surface area contributed by atoms with Crippen molar-refractivity contribution in [2.45, 2.75) is 103 Å². The van der Waals surface area contributed by atoms with E-state index < -0.39 is 8.80 Å². The van der Waals surface area contributed by atoms with Crippen molar-refractivity contribution in [1.82, 2.24) is 0 Å². The molecule has 0 fully saturated rings. The van der Waals surface area contributed by atoms with Gasteiger partial charge in [-0.2, -0.15) is 0 Å². The Bertz CT molecular complexity index is 329. The lowest BCUT2D eigenvalue weighted by molar-refractivity contribution is 0.0617. The third-order valence-electron chi connectivity index (χ3n) is 5.00. The Hall–Kier alpha value is -0.683. The average Bonchev–Trinajstić information content (AvgIpc) is 2.72. The molecule has 0 atom stereocenters.